The largest absolute Gasteiger partial charge is 0.492 e. The number of carbonyl (C=O) groups excluding carboxylic acids is 1. The summed E-state index contributed by atoms with van der Waals surface area (Å²) in [6, 6.07) is 3.83. The lowest BCUT2D eigenvalue weighted by molar-refractivity contribution is -0.113. The Morgan fingerprint density at radius 1 is 1.58 bits per heavy atom. The molecule has 104 valence electrons. The van der Waals surface area contributed by atoms with E-state index in [9.17, 15) is 4.79 Å². The number of thioether (sulfide) groups is 1. The van der Waals surface area contributed by atoms with Crippen LogP contribution in [0, 0.1) is 0 Å². The van der Waals surface area contributed by atoms with Crippen molar-refractivity contribution in [1.29, 1.82) is 0 Å². The molecule has 19 heavy (non-hydrogen) atoms. The molecule has 5 heteroatoms. The molecule has 0 spiro atoms. The van der Waals surface area contributed by atoms with Gasteiger partial charge >= 0.3 is 0 Å². The Hall–Kier alpha value is -1.36. The molecule has 0 fully saturated rings. The minimum absolute atomic E-state index is 0.0283. The lowest BCUT2D eigenvalue weighted by atomic mass is 10.1. The Balaban J connectivity index is 2.25. The fraction of sp³-hybridized carbons (Fsp3) is 0.500. The molecule has 0 bridgehead atoms. The van der Waals surface area contributed by atoms with Crippen LogP contribution >= 0.6 is 11.8 Å². The Morgan fingerprint density at radius 3 is 3.05 bits per heavy atom. The van der Waals surface area contributed by atoms with E-state index in [2.05, 4.69) is 5.32 Å². The van der Waals surface area contributed by atoms with E-state index >= 15 is 0 Å². The van der Waals surface area contributed by atoms with Gasteiger partial charge in [0, 0.05) is 18.1 Å². The van der Waals surface area contributed by atoms with E-state index in [1.165, 1.54) is 11.8 Å². The van der Waals surface area contributed by atoms with Crippen LogP contribution in [0.15, 0.2) is 12.1 Å². The molecule has 2 rings (SSSR count). The summed E-state index contributed by atoms with van der Waals surface area (Å²) in [6.07, 6.45) is 2.96. The maximum absolute atomic E-state index is 11.7. The Morgan fingerprint density at radius 2 is 2.37 bits per heavy atom. The molecule has 1 amide bonds. The smallest absolute Gasteiger partial charge is 0.234 e. The fourth-order valence-corrected chi connectivity index (χ4v) is 2.46. The monoisotopic (exact) mass is 281 g/mol. The topological polar surface area (TPSA) is 47.6 Å². The fourth-order valence-electron chi connectivity index (χ4n) is 2.13. The van der Waals surface area contributed by atoms with E-state index in [1.807, 2.05) is 32.2 Å². The van der Waals surface area contributed by atoms with Crippen molar-refractivity contribution in [2.24, 2.45) is 0 Å². The van der Waals surface area contributed by atoms with Crippen LogP contribution in [0.4, 0.5) is 5.69 Å². The van der Waals surface area contributed by atoms with Gasteiger partial charge in [0.1, 0.15) is 17.6 Å². The number of rotatable bonds is 5. The molecule has 0 saturated heterocycles. The van der Waals surface area contributed by atoms with Crippen molar-refractivity contribution in [3.05, 3.63) is 17.7 Å². The lowest BCUT2D eigenvalue weighted by Crippen LogP contribution is -2.14. The molecular weight excluding hydrogens is 262 g/mol. The van der Waals surface area contributed by atoms with E-state index in [1.54, 1.807) is 0 Å². The minimum atomic E-state index is -0.0283. The first-order valence-electron chi connectivity index (χ1n) is 6.39. The van der Waals surface area contributed by atoms with Gasteiger partial charge in [-0.2, -0.15) is 11.8 Å². The zero-order valence-electron chi connectivity index (χ0n) is 11.5. The quantitative estimate of drug-likeness (QED) is 0.901. The molecule has 1 atom stereocenters. The zero-order chi connectivity index (χ0) is 13.8. The molecular formula is C14H19NO3S. The van der Waals surface area contributed by atoms with E-state index < -0.39 is 0 Å². The van der Waals surface area contributed by atoms with Crippen LogP contribution in [-0.2, 0) is 11.2 Å². The van der Waals surface area contributed by atoms with Crippen LogP contribution in [0.25, 0.3) is 0 Å². The average molecular weight is 281 g/mol. The predicted octanol–water partition coefficient (Wildman–Crippen LogP) is 2.71. The van der Waals surface area contributed by atoms with Gasteiger partial charge < -0.3 is 14.8 Å². The summed E-state index contributed by atoms with van der Waals surface area (Å²) in [5.74, 6) is 1.96. The summed E-state index contributed by atoms with van der Waals surface area (Å²) in [6.45, 7) is 4.53. The van der Waals surface area contributed by atoms with Crippen LogP contribution < -0.4 is 14.8 Å². The van der Waals surface area contributed by atoms with Crippen molar-refractivity contribution < 1.29 is 14.3 Å². The number of carbonyl (C=O) groups is 1. The summed E-state index contributed by atoms with van der Waals surface area (Å²) < 4.78 is 11.3. The lowest BCUT2D eigenvalue weighted by Gasteiger charge is -2.13. The number of hydrogen-bond acceptors (Lipinski definition) is 4. The standard InChI is InChI=1S/C14H19NO3S/c1-4-17-13-6-10-5-9(2)18-12(10)7-11(13)15-14(16)8-19-3/h6-7,9H,4-5,8H2,1-3H3,(H,15,16)/t9-/m0/s1. The molecule has 1 aromatic carbocycles. The van der Waals surface area contributed by atoms with Gasteiger partial charge in [0.15, 0.2) is 0 Å². The highest BCUT2D eigenvalue weighted by atomic mass is 32.2. The van der Waals surface area contributed by atoms with Gasteiger partial charge in [0.25, 0.3) is 0 Å². The van der Waals surface area contributed by atoms with Crippen LogP contribution in [0.3, 0.4) is 0 Å². The molecule has 1 aliphatic heterocycles. The van der Waals surface area contributed by atoms with Gasteiger partial charge in [-0.1, -0.05) is 0 Å². The van der Waals surface area contributed by atoms with Crippen molar-refractivity contribution in [3.8, 4) is 11.5 Å². The second kappa shape index (κ2) is 6.19. The van der Waals surface area contributed by atoms with Gasteiger partial charge in [-0.15, -0.1) is 0 Å². The summed E-state index contributed by atoms with van der Waals surface area (Å²) in [4.78, 5) is 11.7. The Labute approximate surface area is 117 Å². The predicted molar refractivity (Wildman–Crippen MR) is 78.4 cm³/mol. The molecule has 1 aromatic rings. The number of nitrogens with one attached hydrogen (secondary N) is 1. The third-order valence-corrected chi connectivity index (χ3v) is 3.40. The number of anilines is 1. The van der Waals surface area contributed by atoms with Crippen molar-refractivity contribution >= 4 is 23.4 Å². The maximum atomic E-state index is 11.7. The Bertz CT molecular complexity index is 476. The molecule has 1 N–H and O–H groups in total. The van der Waals surface area contributed by atoms with Crippen LogP contribution in [0.1, 0.15) is 19.4 Å². The molecule has 0 saturated carbocycles. The van der Waals surface area contributed by atoms with Crippen molar-refractivity contribution in [3.63, 3.8) is 0 Å². The number of fused-ring (bicyclic) bond motifs is 1. The molecule has 0 aromatic heterocycles. The zero-order valence-corrected chi connectivity index (χ0v) is 12.3. The van der Waals surface area contributed by atoms with E-state index in [4.69, 9.17) is 9.47 Å². The van der Waals surface area contributed by atoms with Crippen molar-refractivity contribution in [1.82, 2.24) is 0 Å². The third kappa shape index (κ3) is 3.35. The Kier molecular flexibility index (Phi) is 4.58. The summed E-state index contributed by atoms with van der Waals surface area (Å²) in [5, 5.41) is 2.88. The number of amides is 1. The molecule has 1 heterocycles. The highest BCUT2D eigenvalue weighted by Gasteiger charge is 2.22. The summed E-state index contributed by atoms with van der Waals surface area (Å²) in [5.41, 5.74) is 1.83. The highest BCUT2D eigenvalue weighted by molar-refractivity contribution is 7.99. The SMILES string of the molecule is CCOc1cc2c(cc1NC(=O)CSC)O[C@@H](C)C2. The average Bonchev–Trinajstić information content (AvgIpc) is 2.69. The second-order valence-electron chi connectivity index (χ2n) is 4.50. The van der Waals surface area contributed by atoms with E-state index in [0.29, 0.717) is 23.8 Å². The van der Waals surface area contributed by atoms with Crippen molar-refractivity contribution in [2.75, 3.05) is 23.9 Å². The first-order chi connectivity index (χ1) is 9.13. The van der Waals surface area contributed by atoms with Crippen LogP contribution in [0.5, 0.6) is 11.5 Å². The molecule has 0 unspecified atom stereocenters. The normalized spacial score (nSPS) is 16.7. The van der Waals surface area contributed by atoms with Gasteiger partial charge in [0.2, 0.25) is 5.91 Å². The number of benzene rings is 1. The third-order valence-electron chi connectivity index (χ3n) is 2.85. The molecule has 0 radical (unpaired) electrons. The van der Waals surface area contributed by atoms with Gasteiger partial charge in [-0.25, -0.2) is 0 Å². The molecule has 4 nitrogen and oxygen atoms in total. The van der Waals surface area contributed by atoms with E-state index in [-0.39, 0.29) is 12.0 Å². The van der Waals surface area contributed by atoms with Gasteiger partial charge in [-0.05, 0) is 26.2 Å². The molecule has 0 aliphatic carbocycles. The first kappa shape index (κ1) is 14.1. The van der Waals surface area contributed by atoms with Gasteiger partial charge in [0.05, 0.1) is 18.0 Å². The molecule has 1 aliphatic rings. The summed E-state index contributed by atoms with van der Waals surface area (Å²) >= 11 is 1.49. The van der Waals surface area contributed by atoms with Gasteiger partial charge in [-0.3, -0.25) is 4.79 Å². The highest BCUT2D eigenvalue weighted by Crippen LogP contribution is 2.38. The first-order valence-corrected chi connectivity index (χ1v) is 7.78. The second-order valence-corrected chi connectivity index (χ2v) is 5.37. The number of hydrogen-bond donors (Lipinski definition) is 1. The van der Waals surface area contributed by atoms with Crippen molar-refractivity contribution in [2.45, 2.75) is 26.4 Å². The van der Waals surface area contributed by atoms with Crippen LogP contribution in [-0.4, -0.2) is 30.6 Å². The number of ether oxygens (including phenoxy) is 2. The summed E-state index contributed by atoms with van der Waals surface area (Å²) in [7, 11) is 0. The maximum Gasteiger partial charge on any atom is 0.234 e. The van der Waals surface area contributed by atoms with E-state index in [0.717, 1.165) is 17.7 Å². The minimum Gasteiger partial charge on any atom is -0.492 e. The van der Waals surface area contributed by atoms with Crippen LogP contribution in [0.2, 0.25) is 0 Å².